The maximum Gasteiger partial charge on any atom is 0.262 e. The minimum Gasteiger partial charge on any atom is -0.377 e. The van der Waals surface area contributed by atoms with Crippen LogP contribution in [0, 0.1) is 0 Å². The largest absolute Gasteiger partial charge is 0.377 e. The maximum absolute atomic E-state index is 13.0. The molecule has 2 aliphatic heterocycles. The lowest BCUT2D eigenvalue weighted by Gasteiger charge is -2.36. The highest BCUT2D eigenvalue weighted by Crippen LogP contribution is 2.30. The number of ether oxygens (including phenoxy) is 6. The first kappa shape index (κ1) is 23.8. The van der Waals surface area contributed by atoms with Crippen molar-refractivity contribution in [2.45, 2.75) is 12.5 Å². The van der Waals surface area contributed by atoms with Crippen LogP contribution < -0.4 is 0 Å². The molecule has 1 fully saturated rings. The average molecular weight is 437 g/mol. The van der Waals surface area contributed by atoms with Crippen LogP contribution in [0.15, 0.2) is 24.3 Å². The summed E-state index contributed by atoms with van der Waals surface area (Å²) in [5.41, 5.74) is -0.172. The number of nitrogens with zero attached hydrogens (tertiary/aromatic N) is 1. The SMILES string of the molecule is CC1(N2C(=O)c3ccccc3C2=O)COCCOCCOCCOCCOCCOC1. The molecule has 0 atom stereocenters. The molecule has 0 N–H and O–H groups in total. The Morgan fingerprint density at radius 3 is 1.29 bits per heavy atom. The zero-order valence-electron chi connectivity index (χ0n) is 18.0. The van der Waals surface area contributed by atoms with E-state index in [-0.39, 0.29) is 25.0 Å². The van der Waals surface area contributed by atoms with E-state index in [1.54, 1.807) is 31.2 Å². The van der Waals surface area contributed by atoms with Crippen molar-refractivity contribution in [1.29, 1.82) is 0 Å². The van der Waals surface area contributed by atoms with Gasteiger partial charge in [0.2, 0.25) is 0 Å². The Labute approximate surface area is 182 Å². The first-order valence-electron chi connectivity index (χ1n) is 10.6. The second-order valence-corrected chi connectivity index (χ2v) is 7.54. The van der Waals surface area contributed by atoms with E-state index in [9.17, 15) is 9.59 Å². The standard InChI is InChI=1S/C22H31NO8/c1-22(23-20(24)18-4-2-3-5-19(18)21(23)25)16-30-14-12-28-10-8-26-6-7-27-9-11-29-13-15-31-17-22/h2-5H,6-17H2,1H3. The molecule has 0 spiro atoms. The van der Waals surface area contributed by atoms with Crippen molar-refractivity contribution < 1.29 is 38.0 Å². The third-order valence-electron chi connectivity index (χ3n) is 5.02. The Morgan fingerprint density at radius 2 is 0.935 bits per heavy atom. The Hall–Kier alpha value is -1.88. The topological polar surface area (TPSA) is 92.8 Å². The maximum atomic E-state index is 13.0. The summed E-state index contributed by atoms with van der Waals surface area (Å²) in [4.78, 5) is 27.2. The number of hydrogen-bond donors (Lipinski definition) is 0. The van der Waals surface area contributed by atoms with E-state index in [0.717, 1.165) is 0 Å². The molecule has 9 nitrogen and oxygen atoms in total. The molecule has 2 aliphatic rings. The van der Waals surface area contributed by atoms with Crippen molar-refractivity contribution in [3.05, 3.63) is 35.4 Å². The molecular weight excluding hydrogens is 406 g/mol. The summed E-state index contributed by atoms with van der Waals surface area (Å²) < 4.78 is 33.4. The van der Waals surface area contributed by atoms with Crippen LogP contribution >= 0.6 is 0 Å². The molecule has 1 aromatic rings. The molecule has 0 bridgehead atoms. The normalized spacial score (nSPS) is 22.9. The predicted octanol–water partition coefficient (Wildman–Crippen LogP) is 1.15. The summed E-state index contributed by atoms with van der Waals surface area (Å²) in [6, 6.07) is 6.82. The summed E-state index contributed by atoms with van der Waals surface area (Å²) in [5.74, 6) is -0.675. The van der Waals surface area contributed by atoms with Gasteiger partial charge in [-0.3, -0.25) is 14.5 Å². The molecule has 0 aromatic heterocycles. The van der Waals surface area contributed by atoms with Gasteiger partial charge < -0.3 is 28.4 Å². The van der Waals surface area contributed by atoms with Crippen LogP contribution in [0.1, 0.15) is 27.6 Å². The van der Waals surface area contributed by atoms with Crippen molar-refractivity contribution >= 4 is 11.8 Å². The minimum absolute atomic E-state index is 0.132. The molecule has 1 aromatic carbocycles. The monoisotopic (exact) mass is 437 g/mol. The van der Waals surface area contributed by atoms with Gasteiger partial charge in [-0.25, -0.2) is 0 Å². The lowest BCUT2D eigenvalue weighted by Crippen LogP contribution is -2.56. The second-order valence-electron chi connectivity index (χ2n) is 7.54. The molecule has 2 heterocycles. The van der Waals surface area contributed by atoms with Gasteiger partial charge >= 0.3 is 0 Å². The third-order valence-corrected chi connectivity index (χ3v) is 5.02. The van der Waals surface area contributed by atoms with Crippen LogP contribution in [0.5, 0.6) is 0 Å². The van der Waals surface area contributed by atoms with Gasteiger partial charge in [0.25, 0.3) is 11.8 Å². The summed E-state index contributed by atoms with van der Waals surface area (Å²) in [6.45, 7) is 6.32. The molecule has 0 saturated carbocycles. The summed E-state index contributed by atoms with van der Waals surface area (Å²) in [7, 11) is 0. The zero-order valence-corrected chi connectivity index (χ0v) is 18.0. The van der Waals surface area contributed by atoms with Gasteiger partial charge in [0.15, 0.2) is 0 Å². The molecule has 172 valence electrons. The van der Waals surface area contributed by atoms with E-state index in [4.69, 9.17) is 28.4 Å². The highest BCUT2D eigenvalue weighted by molar-refractivity contribution is 6.21. The Bertz CT molecular complexity index is 670. The van der Waals surface area contributed by atoms with E-state index >= 15 is 0 Å². The first-order chi connectivity index (χ1) is 15.1. The minimum atomic E-state index is -0.970. The van der Waals surface area contributed by atoms with Crippen LogP contribution in [0.4, 0.5) is 0 Å². The summed E-state index contributed by atoms with van der Waals surface area (Å²) in [6.07, 6.45) is 0. The third kappa shape index (κ3) is 6.55. The van der Waals surface area contributed by atoms with Gasteiger partial charge in [-0.05, 0) is 19.1 Å². The molecule has 0 radical (unpaired) electrons. The smallest absolute Gasteiger partial charge is 0.262 e. The molecule has 1 saturated heterocycles. The van der Waals surface area contributed by atoms with Crippen LogP contribution in [-0.2, 0) is 28.4 Å². The number of amides is 2. The Kier molecular flexibility index (Phi) is 9.38. The van der Waals surface area contributed by atoms with Gasteiger partial charge in [-0.1, -0.05) is 12.1 Å². The first-order valence-corrected chi connectivity index (χ1v) is 10.6. The van der Waals surface area contributed by atoms with Crippen LogP contribution in [0.3, 0.4) is 0 Å². The number of rotatable bonds is 1. The van der Waals surface area contributed by atoms with Gasteiger partial charge in [0.1, 0.15) is 0 Å². The number of fused-ring (bicyclic) bond motifs is 1. The predicted molar refractivity (Wildman–Crippen MR) is 110 cm³/mol. The van der Waals surface area contributed by atoms with Gasteiger partial charge in [-0.15, -0.1) is 0 Å². The Balaban J connectivity index is 1.63. The van der Waals surface area contributed by atoms with E-state index in [1.807, 2.05) is 0 Å². The number of hydrogen-bond acceptors (Lipinski definition) is 8. The average Bonchev–Trinajstić information content (AvgIpc) is 3.03. The van der Waals surface area contributed by atoms with Crippen LogP contribution in [-0.4, -0.2) is 102 Å². The fourth-order valence-corrected chi connectivity index (χ4v) is 3.43. The fraction of sp³-hybridized carbons (Fsp3) is 0.636. The molecule has 0 aliphatic carbocycles. The van der Waals surface area contributed by atoms with Crippen molar-refractivity contribution in [3.63, 3.8) is 0 Å². The molecule has 3 rings (SSSR count). The van der Waals surface area contributed by atoms with Crippen molar-refractivity contribution in [1.82, 2.24) is 4.90 Å². The molecule has 0 unspecified atom stereocenters. The van der Waals surface area contributed by atoms with Gasteiger partial charge in [-0.2, -0.15) is 0 Å². The van der Waals surface area contributed by atoms with Gasteiger partial charge in [0.05, 0.1) is 95.9 Å². The molecular formula is C22H31NO8. The molecule has 31 heavy (non-hydrogen) atoms. The molecule has 9 heteroatoms. The highest BCUT2D eigenvalue weighted by Gasteiger charge is 2.46. The number of imide groups is 1. The van der Waals surface area contributed by atoms with Crippen LogP contribution in [0.2, 0.25) is 0 Å². The number of carbonyl (C=O) groups is 2. The summed E-state index contributed by atoms with van der Waals surface area (Å²) in [5, 5.41) is 0. The second kappa shape index (κ2) is 12.2. The number of carbonyl (C=O) groups excluding carboxylic acids is 2. The van der Waals surface area contributed by atoms with Crippen molar-refractivity contribution in [2.24, 2.45) is 0 Å². The van der Waals surface area contributed by atoms with Gasteiger partial charge in [0, 0.05) is 0 Å². The van der Waals surface area contributed by atoms with E-state index in [0.29, 0.717) is 77.2 Å². The van der Waals surface area contributed by atoms with Crippen molar-refractivity contribution in [2.75, 3.05) is 79.3 Å². The Morgan fingerprint density at radius 1 is 0.613 bits per heavy atom. The van der Waals surface area contributed by atoms with E-state index in [2.05, 4.69) is 0 Å². The van der Waals surface area contributed by atoms with Crippen LogP contribution in [0.25, 0.3) is 0 Å². The van der Waals surface area contributed by atoms with Crippen molar-refractivity contribution in [3.8, 4) is 0 Å². The summed E-state index contributed by atoms with van der Waals surface area (Å²) >= 11 is 0. The zero-order chi connectivity index (χ0) is 21.9. The van der Waals surface area contributed by atoms with E-state index in [1.165, 1.54) is 4.90 Å². The fourth-order valence-electron chi connectivity index (χ4n) is 3.43. The lowest BCUT2D eigenvalue weighted by molar-refractivity contribution is -0.0511. The van der Waals surface area contributed by atoms with E-state index < -0.39 is 5.54 Å². The quantitative estimate of drug-likeness (QED) is 0.605. The number of benzene rings is 1. The lowest BCUT2D eigenvalue weighted by atomic mass is 10.0. The highest BCUT2D eigenvalue weighted by atomic mass is 16.6. The molecule has 2 amide bonds.